The highest BCUT2D eigenvalue weighted by Gasteiger charge is 2.33. The Bertz CT molecular complexity index is 1170. The quantitative estimate of drug-likeness (QED) is 0.583. The summed E-state index contributed by atoms with van der Waals surface area (Å²) in [5, 5.41) is 3.97. The van der Waals surface area contributed by atoms with Gasteiger partial charge in [-0.05, 0) is 60.0 Å². The maximum atomic E-state index is 12.8. The number of halogens is 1. The van der Waals surface area contributed by atoms with Crippen LogP contribution in [0.4, 0.5) is 5.69 Å². The monoisotopic (exact) mass is 493 g/mol. The number of rotatable bonds is 4. The summed E-state index contributed by atoms with van der Waals surface area (Å²) in [5.41, 5.74) is 2.34. The van der Waals surface area contributed by atoms with Crippen molar-refractivity contribution in [1.82, 2.24) is 9.29 Å². The normalized spacial score (nSPS) is 16.2. The Labute approximate surface area is 182 Å². The number of piperidine rings is 1. The number of aromatic nitrogens is 1. The maximum absolute atomic E-state index is 12.8. The molecule has 1 aliphatic heterocycles. The van der Waals surface area contributed by atoms with Gasteiger partial charge in [-0.3, -0.25) is 9.78 Å². The maximum Gasteiger partial charge on any atom is 0.252 e. The number of sulfonamides is 1. The standard InChI is InChI=1S/C20H20BrN3O3S2/c1-13-5-6-14-3-2-4-16(19(14)22-13)23-20(25)15-9-11-24(12-10-15)29(26,27)18-8-7-17(21)28-18/h2-8,15H,9-12H2,1H3,(H,23,25). The van der Waals surface area contributed by atoms with Crippen LogP contribution in [-0.4, -0.2) is 36.7 Å². The van der Waals surface area contributed by atoms with Crippen LogP contribution in [0.3, 0.4) is 0 Å². The largest absolute Gasteiger partial charge is 0.324 e. The number of nitrogens with one attached hydrogen (secondary N) is 1. The van der Waals surface area contributed by atoms with Crippen LogP contribution in [0.5, 0.6) is 0 Å². The van der Waals surface area contributed by atoms with E-state index in [4.69, 9.17) is 0 Å². The number of nitrogens with zero attached hydrogens (tertiary/aromatic N) is 2. The third kappa shape index (κ3) is 4.23. The van der Waals surface area contributed by atoms with Crippen molar-refractivity contribution in [3.63, 3.8) is 0 Å². The zero-order chi connectivity index (χ0) is 20.6. The highest BCUT2D eigenvalue weighted by molar-refractivity contribution is 9.11. The van der Waals surface area contributed by atoms with Crippen molar-refractivity contribution >= 4 is 59.8 Å². The summed E-state index contributed by atoms with van der Waals surface area (Å²) in [6.07, 6.45) is 0.990. The lowest BCUT2D eigenvalue weighted by Crippen LogP contribution is -2.41. The van der Waals surface area contributed by atoms with E-state index >= 15 is 0 Å². The van der Waals surface area contributed by atoms with Gasteiger partial charge in [-0.1, -0.05) is 18.2 Å². The topological polar surface area (TPSA) is 79.4 Å². The molecule has 1 aromatic carbocycles. The molecule has 4 rings (SSSR count). The first-order chi connectivity index (χ1) is 13.8. The minimum Gasteiger partial charge on any atom is -0.324 e. The molecule has 3 heterocycles. The molecule has 0 saturated carbocycles. The Hall–Kier alpha value is -1.81. The first kappa shape index (κ1) is 20.5. The molecule has 0 unspecified atom stereocenters. The lowest BCUT2D eigenvalue weighted by Gasteiger charge is -2.30. The van der Waals surface area contributed by atoms with Crippen LogP contribution < -0.4 is 5.32 Å². The first-order valence-corrected chi connectivity index (χ1v) is 12.3. The van der Waals surface area contributed by atoms with Gasteiger partial charge in [-0.15, -0.1) is 11.3 Å². The number of hydrogen-bond donors (Lipinski definition) is 1. The van der Waals surface area contributed by atoms with Gasteiger partial charge in [0.15, 0.2) is 0 Å². The Balaban J connectivity index is 1.44. The molecule has 0 aliphatic carbocycles. The van der Waals surface area contributed by atoms with E-state index in [1.165, 1.54) is 15.6 Å². The van der Waals surface area contributed by atoms with Gasteiger partial charge in [0.2, 0.25) is 5.91 Å². The molecule has 6 nitrogen and oxygen atoms in total. The molecule has 0 radical (unpaired) electrons. The molecule has 9 heteroatoms. The minimum atomic E-state index is -3.50. The fourth-order valence-electron chi connectivity index (χ4n) is 3.50. The summed E-state index contributed by atoms with van der Waals surface area (Å²) in [4.78, 5) is 17.4. The van der Waals surface area contributed by atoms with Gasteiger partial charge >= 0.3 is 0 Å². The van der Waals surface area contributed by atoms with Crippen molar-refractivity contribution in [1.29, 1.82) is 0 Å². The SMILES string of the molecule is Cc1ccc2cccc(NC(=O)C3CCN(S(=O)(=O)c4ccc(Br)s4)CC3)c2n1. The second kappa shape index (κ2) is 8.14. The van der Waals surface area contributed by atoms with Crippen molar-refractivity contribution in [3.8, 4) is 0 Å². The van der Waals surface area contributed by atoms with Crippen LogP contribution in [0, 0.1) is 12.8 Å². The van der Waals surface area contributed by atoms with E-state index < -0.39 is 10.0 Å². The molecular formula is C20H20BrN3O3S2. The molecule has 29 heavy (non-hydrogen) atoms. The van der Waals surface area contributed by atoms with E-state index in [2.05, 4.69) is 26.2 Å². The highest BCUT2D eigenvalue weighted by Crippen LogP contribution is 2.31. The van der Waals surface area contributed by atoms with Crippen LogP contribution >= 0.6 is 27.3 Å². The third-order valence-corrected chi connectivity index (χ3v) is 9.07. The van der Waals surface area contributed by atoms with E-state index in [9.17, 15) is 13.2 Å². The molecule has 152 valence electrons. The highest BCUT2D eigenvalue weighted by atomic mass is 79.9. The van der Waals surface area contributed by atoms with Gasteiger partial charge < -0.3 is 5.32 Å². The Kier molecular flexibility index (Phi) is 5.74. The van der Waals surface area contributed by atoms with Gasteiger partial charge in [0.05, 0.1) is 15.0 Å². The Morgan fingerprint density at radius 2 is 1.93 bits per heavy atom. The van der Waals surface area contributed by atoms with E-state index in [1.54, 1.807) is 12.1 Å². The third-order valence-electron chi connectivity index (χ3n) is 5.08. The predicted molar refractivity (Wildman–Crippen MR) is 119 cm³/mol. The van der Waals surface area contributed by atoms with Gasteiger partial charge in [-0.2, -0.15) is 4.31 Å². The molecule has 2 aromatic heterocycles. The Morgan fingerprint density at radius 3 is 2.62 bits per heavy atom. The van der Waals surface area contributed by atoms with Gasteiger partial charge in [0, 0.05) is 30.1 Å². The predicted octanol–water partition coefficient (Wildman–Crippen LogP) is 4.41. The summed E-state index contributed by atoms with van der Waals surface area (Å²) in [6, 6.07) is 13.0. The fraction of sp³-hybridized carbons (Fsp3) is 0.300. The second-order valence-corrected chi connectivity index (χ2v) is 11.7. The summed E-state index contributed by atoms with van der Waals surface area (Å²) >= 11 is 4.51. The van der Waals surface area contributed by atoms with Crippen LogP contribution in [-0.2, 0) is 14.8 Å². The number of aryl methyl sites for hydroxylation is 1. The van der Waals surface area contributed by atoms with E-state index in [1.807, 2.05) is 37.3 Å². The number of carbonyl (C=O) groups excluding carboxylic acids is 1. The van der Waals surface area contributed by atoms with Crippen LogP contribution in [0.15, 0.2) is 50.5 Å². The van der Waals surface area contributed by atoms with Crippen LogP contribution in [0.1, 0.15) is 18.5 Å². The molecule has 1 amide bonds. The van der Waals surface area contributed by atoms with Crippen molar-refractivity contribution in [2.45, 2.75) is 24.0 Å². The second-order valence-electron chi connectivity index (χ2n) is 7.06. The van der Waals surface area contributed by atoms with Crippen LogP contribution in [0.25, 0.3) is 10.9 Å². The molecular weight excluding hydrogens is 474 g/mol. The van der Waals surface area contributed by atoms with E-state index in [0.29, 0.717) is 35.8 Å². The molecule has 1 fully saturated rings. The number of pyridine rings is 1. The average Bonchev–Trinajstić information content (AvgIpc) is 3.16. The molecule has 0 bridgehead atoms. The van der Waals surface area contributed by atoms with Gasteiger partial charge in [0.1, 0.15) is 4.21 Å². The smallest absolute Gasteiger partial charge is 0.252 e. The molecule has 1 aliphatic rings. The number of benzene rings is 1. The summed E-state index contributed by atoms with van der Waals surface area (Å²) in [7, 11) is -3.50. The molecule has 1 saturated heterocycles. The fourth-order valence-corrected chi connectivity index (χ4v) is 7.14. The molecule has 0 spiro atoms. The zero-order valence-electron chi connectivity index (χ0n) is 15.8. The van der Waals surface area contributed by atoms with Crippen LogP contribution in [0.2, 0.25) is 0 Å². The van der Waals surface area contributed by atoms with E-state index in [-0.39, 0.29) is 11.8 Å². The van der Waals surface area contributed by atoms with Crippen molar-refractivity contribution in [2.75, 3.05) is 18.4 Å². The minimum absolute atomic E-state index is 0.0864. The average molecular weight is 494 g/mol. The van der Waals surface area contributed by atoms with Gasteiger partial charge in [0.25, 0.3) is 10.0 Å². The number of thiophene rings is 1. The van der Waals surface area contributed by atoms with Crippen molar-refractivity contribution < 1.29 is 13.2 Å². The number of amides is 1. The molecule has 1 N–H and O–H groups in total. The van der Waals surface area contributed by atoms with Crippen molar-refractivity contribution in [2.24, 2.45) is 5.92 Å². The lowest BCUT2D eigenvalue weighted by molar-refractivity contribution is -0.120. The number of hydrogen-bond acceptors (Lipinski definition) is 5. The summed E-state index contributed by atoms with van der Waals surface area (Å²) in [6.45, 7) is 2.59. The van der Waals surface area contributed by atoms with E-state index in [0.717, 1.165) is 20.4 Å². The molecule has 0 atom stereocenters. The van der Waals surface area contributed by atoms with Crippen molar-refractivity contribution in [3.05, 3.63) is 51.9 Å². The van der Waals surface area contributed by atoms with Gasteiger partial charge in [-0.25, -0.2) is 8.42 Å². The number of para-hydroxylation sites is 1. The summed E-state index contributed by atoms with van der Waals surface area (Å²) in [5.74, 6) is -0.312. The Morgan fingerprint density at radius 1 is 1.17 bits per heavy atom. The first-order valence-electron chi connectivity index (χ1n) is 9.27. The summed E-state index contributed by atoms with van der Waals surface area (Å²) < 4.78 is 28.1. The molecule has 3 aromatic rings. The number of fused-ring (bicyclic) bond motifs is 1. The lowest BCUT2D eigenvalue weighted by atomic mass is 9.97. The number of anilines is 1. The number of carbonyl (C=O) groups is 1. The zero-order valence-corrected chi connectivity index (χ0v) is 19.0.